The van der Waals surface area contributed by atoms with Gasteiger partial charge in [0, 0.05) is 17.4 Å². The molecule has 0 radical (unpaired) electrons. The number of carbonyl (C=O) groups excluding carboxylic acids is 2. The maximum Gasteiger partial charge on any atom is 0.331 e. The third-order valence-corrected chi connectivity index (χ3v) is 7.29. The Morgan fingerprint density at radius 3 is 2.52 bits per heavy atom. The number of ether oxygens (including phenoxy) is 3. The van der Waals surface area contributed by atoms with E-state index in [-0.39, 0.29) is 36.0 Å². The number of fused-ring (bicyclic) bond motifs is 2. The number of hydrogen-bond donors (Lipinski definition) is 1. The van der Waals surface area contributed by atoms with Crippen molar-refractivity contribution < 1.29 is 28.9 Å². The van der Waals surface area contributed by atoms with Crippen molar-refractivity contribution in [3.8, 4) is 0 Å². The normalized spacial score (nSPS) is 55.6. The molecule has 1 spiro atoms. The van der Waals surface area contributed by atoms with E-state index in [0.29, 0.717) is 12.8 Å². The van der Waals surface area contributed by atoms with Crippen molar-refractivity contribution >= 4 is 11.9 Å². The van der Waals surface area contributed by atoms with Crippen molar-refractivity contribution in [2.75, 3.05) is 0 Å². The van der Waals surface area contributed by atoms with Gasteiger partial charge in [-0.1, -0.05) is 20.8 Å². The Balaban J connectivity index is 1.73. The average molecular weight is 348 g/mol. The number of cyclic esters (lactones) is 1. The minimum Gasteiger partial charge on any atom is -0.459 e. The molecule has 6 heteroatoms. The van der Waals surface area contributed by atoms with Crippen LogP contribution < -0.4 is 0 Å². The molecular weight excluding hydrogens is 324 g/mol. The second-order valence-corrected chi connectivity index (χ2v) is 9.24. The van der Waals surface area contributed by atoms with Crippen LogP contribution in [0.15, 0.2) is 11.6 Å². The Bertz CT molecular complexity index is 727. The zero-order chi connectivity index (χ0) is 17.9. The van der Waals surface area contributed by atoms with Gasteiger partial charge in [-0.2, -0.15) is 0 Å². The molecule has 5 rings (SSSR count). The molecule has 1 N–H and O–H groups in total. The topological polar surface area (TPSA) is 85.4 Å². The van der Waals surface area contributed by atoms with E-state index in [9.17, 15) is 14.7 Å². The lowest BCUT2D eigenvalue weighted by Crippen LogP contribution is -2.62. The van der Waals surface area contributed by atoms with Crippen molar-refractivity contribution in [3.05, 3.63) is 11.6 Å². The molecule has 6 nitrogen and oxygen atoms in total. The summed E-state index contributed by atoms with van der Waals surface area (Å²) in [6.45, 7) is 7.94. The first kappa shape index (κ1) is 15.8. The summed E-state index contributed by atoms with van der Waals surface area (Å²) in [4.78, 5) is 25.0. The molecule has 0 aromatic carbocycles. The summed E-state index contributed by atoms with van der Waals surface area (Å²) in [7, 11) is 0. The van der Waals surface area contributed by atoms with Crippen molar-refractivity contribution in [3.63, 3.8) is 0 Å². The molecule has 2 aliphatic carbocycles. The van der Waals surface area contributed by atoms with E-state index in [1.165, 1.54) is 0 Å². The number of esters is 2. The second-order valence-electron chi connectivity index (χ2n) is 9.24. The quantitative estimate of drug-likeness (QED) is 0.569. The molecule has 5 aliphatic rings. The summed E-state index contributed by atoms with van der Waals surface area (Å²) in [6, 6.07) is 0. The zero-order valence-corrected chi connectivity index (χ0v) is 14.9. The highest BCUT2D eigenvalue weighted by Gasteiger charge is 2.83. The van der Waals surface area contributed by atoms with Crippen LogP contribution in [0.2, 0.25) is 0 Å². The zero-order valence-electron chi connectivity index (χ0n) is 14.9. The standard InChI is InChI=1S/C19H24O6/c1-8(2)14-19-10(5-11(21)23-14)17(3)6-9(20)7-18(4)13(17)12(15(19)25-19)24-16(18)22/h5,8-9,12-15,20H,6-7H2,1-4H3/t9-,12+,13-,14-,15-,17-,18+,19-/m1/s1. The number of carbonyl (C=O) groups is 2. The first-order valence-electron chi connectivity index (χ1n) is 9.15. The lowest BCUT2D eigenvalue weighted by atomic mass is 9.46. The average Bonchev–Trinajstić information content (AvgIpc) is 3.15. The summed E-state index contributed by atoms with van der Waals surface area (Å²) < 4.78 is 17.6. The van der Waals surface area contributed by atoms with E-state index >= 15 is 0 Å². The second kappa shape index (κ2) is 4.29. The lowest BCUT2D eigenvalue weighted by molar-refractivity contribution is -0.154. The Labute approximate surface area is 146 Å². The predicted octanol–water partition coefficient (Wildman–Crippen LogP) is 1.35. The SMILES string of the molecule is CC(C)[C@H]1OC(=O)C=C2[C@@]13O[C@@H]3[C@H]1OC(=O)[C@@]3(C)C[C@H](O)C[C@@]2(C)[C@@H]13. The van der Waals surface area contributed by atoms with E-state index in [1.807, 2.05) is 20.8 Å². The van der Waals surface area contributed by atoms with Gasteiger partial charge in [-0.3, -0.25) is 4.79 Å². The minimum atomic E-state index is -0.745. The van der Waals surface area contributed by atoms with Crippen molar-refractivity contribution in [2.24, 2.45) is 22.7 Å². The number of aliphatic hydroxyl groups is 1. The third kappa shape index (κ3) is 1.59. The third-order valence-electron chi connectivity index (χ3n) is 7.29. The fraction of sp³-hybridized carbons (Fsp3) is 0.789. The monoisotopic (exact) mass is 348 g/mol. The van der Waals surface area contributed by atoms with Crippen LogP contribution in [-0.2, 0) is 23.8 Å². The Morgan fingerprint density at radius 2 is 1.84 bits per heavy atom. The van der Waals surface area contributed by atoms with Gasteiger partial charge < -0.3 is 19.3 Å². The van der Waals surface area contributed by atoms with E-state index in [4.69, 9.17) is 14.2 Å². The van der Waals surface area contributed by atoms with Gasteiger partial charge in [-0.15, -0.1) is 0 Å². The van der Waals surface area contributed by atoms with Gasteiger partial charge >= 0.3 is 11.9 Å². The highest BCUT2D eigenvalue weighted by atomic mass is 16.7. The maximum absolute atomic E-state index is 12.7. The Kier molecular flexibility index (Phi) is 2.71. The highest BCUT2D eigenvalue weighted by Crippen LogP contribution is 2.72. The molecular formula is C19H24O6. The molecule has 136 valence electrons. The van der Waals surface area contributed by atoms with Crippen LogP contribution in [0.25, 0.3) is 0 Å². The molecule has 4 fully saturated rings. The fourth-order valence-electron chi connectivity index (χ4n) is 6.59. The Hall–Kier alpha value is -1.40. The molecule has 2 saturated heterocycles. The fourth-order valence-corrected chi connectivity index (χ4v) is 6.59. The molecule has 0 aromatic rings. The molecule has 2 saturated carbocycles. The number of epoxide rings is 1. The van der Waals surface area contributed by atoms with E-state index in [2.05, 4.69) is 6.92 Å². The van der Waals surface area contributed by atoms with Gasteiger partial charge in [0.2, 0.25) is 0 Å². The molecule has 25 heavy (non-hydrogen) atoms. The van der Waals surface area contributed by atoms with Gasteiger partial charge in [-0.05, 0) is 31.3 Å². The molecule has 0 aromatic heterocycles. The summed E-state index contributed by atoms with van der Waals surface area (Å²) in [5.74, 6) is -0.637. The van der Waals surface area contributed by atoms with Crippen molar-refractivity contribution in [2.45, 2.75) is 70.6 Å². The Morgan fingerprint density at radius 1 is 1.16 bits per heavy atom. The van der Waals surface area contributed by atoms with Crippen LogP contribution in [0.3, 0.4) is 0 Å². The van der Waals surface area contributed by atoms with Crippen molar-refractivity contribution in [1.29, 1.82) is 0 Å². The lowest BCUT2D eigenvalue weighted by Gasteiger charge is -2.55. The summed E-state index contributed by atoms with van der Waals surface area (Å²) in [5, 5.41) is 10.6. The smallest absolute Gasteiger partial charge is 0.331 e. The largest absolute Gasteiger partial charge is 0.459 e. The highest BCUT2D eigenvalue weighted by molar-refractivity contribution is 5.87. The van der Waals surface area contributed by atoms with Gasteiger partial charge in [-0.25, -0.2) is 4.79 Å². The summed E-state index contributed by atoms with van der Waals surface area (Å²) >= 11 is 0. The van der Waals surface area contributed by atoms with Gasteiger partial charge in [0.25, 0.3) is 0 Å². The van der Waals surface area contributed by atoms with E-state index < -0.39 is 28.6 Å². The van der Waals surface area contributed by atoms with Crippen LogP contribution >= 0.6 is 0 Å². The molecule has 0 amide bonds. The predicted molar refractivity (Wildman–Crippen MR) is 85.2 cm³/mol. The first-order chi connectivity index (χ1) is 11.6. The van der Waals surface area contributed by atoms with Crippen LogP contribution in [0.1, 0.15) is 40.5 Å². The molecule has 3 aliphatic heterocycles. The molecule has 0 unspecified atom stereocenters. The van der Waals surface area contributed by atoms with Crippen molar-refractivity contribution in [1.82, 2.24) is 0 Å². The number of hydrogen-bond acceptors (Lipinski definition) is 6. The molecule has 8 atom stereocenters. The van der Waals surface area contributed by atoms with Gasteiger partial charge in [0.1, 0.15) is 18.3 Å². The van der Waals surface area contributed by atoms with Crippen LogP contribution in [-0.4, -0.2) is 47.1 Å². The number of aliphatic hydroxyl groups excluding tert-OH is 1. The summed E-state index contributed by atoms with van der Waals surface area (Å²) in [5.41, 5.74) is -1.09. The van der Waals surface area contributed by atoms with Crippen LogP contribution in [0.5, 0.6) is 0 Å². The molecule has 3 heterocycles. The van der Waals surface area contributed by atoms with Crippen LogP contribution in [0, 0.1) is 22.7 Å². The maximum atomic E-state index is 12.7. The number of rotatable bonds is 1. The minimum absolute atomic E-state index is 0.0785. The van der Waals surface area contributed by atoms with Gasteiger partial charge in [0.05, 0.1) is 11.5 Å². The first-order valence-corrected chi connectivity index (χ1v) is 9.15. The summed E-state index contributed by atoms with van der Waals surface area (Å²) in [6.07, 6.45) is 0.837. The van der Waals surface area contributed by atoms with E-state index in [0.717, 1.165) is 5.57 Å². The van der Waals surface area contributed by atoms with Gasteiger partial charge in [0.15, 0.2) is 5.60 Å². The molecule has 0 bridgehead atoms. The van der Waals surface area contributed by atoms with Crippen LogP contribution in [0.4, 0.5) is 0 Å². The van der Waals surface area contributed by atoms with E-state index in [1.54, 1.807) is 6.08 Å².